The summed E-state index contributed by atoms with van der Waals surface area (Å²) < 4.78 is 61.5. The topological polar surface area (TPSA) is 235 Å². The summed E-state index contributed by atoms with van der Waals surface area (Å²) in [4.78, 5) is 54.0. The molecule has 1 saturated carbocycles. The van der Waals surface area contributed by atoms with E-state index in [1.165, 1.54) is 6.08 Å². The van der Waals surface area contributed by atoms with E-state index in [1.807, 2.05) is 6.08 Å². The lowest BCUT2D eigenvalue weighted by molar-refractivity contribution is -0.790. The van der Waals surface area contributed by atoms with E-state index in [2.05, 4.69) is 9.68 Å². The third-order valence-electron chi connectivity index (χ3n) is 8.86. The second kappa shape index (κ2) is 20.8. The molecule has 9 atom stereocenters. The van der Waals surface area contributed by atoms with Crippen molar-refractivity contribution in [2.45, 2.75) is 87.2 Å². The molecule has 3 aliphatic rings. The first-order valence-electron chi connectivity index (χ1n) is 17.4. The van der Waals surface area contributed by atoms with Gasteiger partial charge in [-0.2, -0.15) is 8.78 Å². The standard InChI is InChI=1S/C34H44F2N2O16/c35-34(36,21-50-22-8-4-3-5-9-22)14-12-25-24(26(39)16-27(25)40)10-6-1-2-7-11-30(41)52-28-19-48-33-29(20-49-32(28)33)53-31(42)13-15-47-17-23(54-38(45)46)18-51-37(43)44/h1,3-6,8-9,12,14,23-29,32-33,39-40H,2,7,10-11,13,15-21H2/b6-1-,14-12+/t23?,24-,25-,26+,27-,28-,29-,32-,33-/m1/s1. The molecule has 0 aromatic heterocycles. The molecule has 0 radical (unpaired) electrons. The zero-order valence-electron chi connectivity index (χ0n) is 29.1. The number of para-hydroxylation sites is 1. The normalized spacial score (nSPS) is 27.1. The lowest BCUT2D eigenvalue weighted by Crippen LogP contribution is -2.36. The van der Waals surface area contributed by atoms with Gasteiger partial charge in [0.15, 0.2) is 24.9 Å². The van der Waals surface area contributed by atoms with Crippen LogP contribution in [0.4, 0.5) is 8.78 Å². The van der Waals surface area contributed by atoms with E-state index in [-0.39, 0.29) is 39.1 Å². The molecule has 18 nitrogen and oxygen atoms in total. The summed E-state index contributed by atoms with van der Waals surface area (Å²) in [5.74, 6) is -5.30. The summed E-state index contributed by atoms with van der Waals surface area (Å²) in [6.07, 6.45) is 0.670. The molecule has 2 heterocycles. The van der Waals surface area contributed by atoms with Gasteiger partial charge in [-0.05, 0) is 43.4 Å². The first-order valence-corrected chi connectivity index (χ1v) is 17.4. The molecule has 3 fully saturated rings. The third-order valence-corrected chi connectivity index (χ3v) is 8.86. The lowest BCUT2D eigenvalue weighted by Gasteiger charge is -2.20. The lowest BCUT2D eigenvalue weighted by atomic mass is 9.89. The fourth-order valence-corrected chi connectivity index (χ4v) is 6.27. The first kappa shape index (κ1) is 42.2. The Hall–Kier alpha value is -4.50. The van der Waals surface area contributed by atoms with Gasteiger partial charge in [0, 0.05) is 18.8 Å². The van der Waals surface area contributed by atoms with Gasteiger partial charge in [0.1, 0.15) is 24.6 Å². The summed E-state index contributed by atoms with van der Waals surface area (Å²) in [5.41, 5.74) is 0. The Morgan fingerprint density at radius 1 is 0.944 bits per heavy atom. The molecule has 1 aromatic rings. The van der Waals surface area contributed by atoms with Crippen LogP contribution in [0, 0.1) is 32.1 Å². The van der Waals surface area contributed by atoms with Crippen molar-refractivity contribution < 1.29 is 76.9 Å². The Bertz CT molecular complexity index is 1440. The highest BCUT2D eigenvalue weighted by Crippen LogP contribution is 2.37. The summed E-state index contributed by atoms with van der Waals surface area (Å²) >= 11 is 0. The fourth-order valence-electron chi connectivity index (χ4n) is 6.27. The monoisotopic (exact) mass is 774 g/mol. The number of unbranched alkanes of at least 4 members (excludes halogenated alkanes) is 1. The molecule has 0 amide bonds. The minimum Gasteiger partial charge on any atom is -0.487 e. The molecule has 1 unspecified atom stereocenters. The van der Waals surface area contributed by atoms with Gasteiger partial charge in [-0.3, -0.25) is 9.59 Å². The number of carbonyl (C=O) groups excluding carboxylic acids is 2. The van der Waals surface area contributed by atoms with E-state index in [4.69, 9.17) is 28.4 Å². The average Bonchev–Trinajstić information content (AvgIpc) is 3.79. The Morgan fingerprint density at radius 2 is 1.61 bits per heavy atom. The zero-order valence-corrected chi connectivity index (χ0v) is 29.1. The minimum absolute atomic E-state index is 0.00771. The molecule has 0 spiro atoms. The minimum atomic E-state index is -3.28. The maximum Gasteiger partial charge on any atom is 0.308 e. The highest BCUT2D eigenvalue weighted by Gasteiger charge is 2.51. The average molecular weight is 775 g/mol. The maximum atomic E-state index is 14.5. The van der Waals surface area contributed by atoms with Crippen LogP contribution < -0.4 is 4.74 Å². The molecule has 2 saturated heterocycles. The van der Waals surface area contributed by atoms with Gasteiger partial charge >= 0.3 is 11.9 Å². The van der Waals surface area contributed by atoms with Crippen molar-refractivity contribution in [1.82, 2.24) is 0 Å². The molecule has 2 N–H and O–H groups in total. The van der Waals surface area contributed by atoms with Crippen molar-refractivity contribution in [3.8, 4) is 5.75 Å². The van der Waals surface area contributed by atoms with E-state index < -0.39 is 102 Å². The van der Waals surface area contributed by atoms with Crippen molar-refractivity contribution in [3.63, 3.8) is 0 Å². The molecule has 1 aliphatic carbocycles. The number of carbonyl (C=O) groups is 2. The number of hydrogen-bond donors (Lipinski definition) is 2. The molecule has 1 aromatic carbocycles. The molecular weight excluding hydrogens is 730 g/mol. The van der Waals surface area contributed by atoms with Gasteiger partial charge in [0.05, 0.1) is 45.1 Å². The number of esters is 2. The predicted molar refractivity (Wildman–Crippen MR) is 177 cm³/mol. The third kappa shape index (κ3) is 13.7. The summed E-state index contributed by atoms with van der Waals surface area (Å²) in [7, 11) is 0. The molecule has 4 rings (SSSR count). The number of alkyl halides is 2. The van der Waals surface area contributed by atoms with E-state index in [9.17, 15) is 48.8 Å². The van der Waals surface area contributed by atoms with Crippen molar-refractivity contribution in [1.29, 1.82) is 0 Å². The van der Waals surface area contributed by atoms with Crippen LogP contribution in [0.15, 0.2) is 54.6 Å². The molecular formula is C34H44F2N2O16. The Balaban J connectivity index is 1.10. The number of allylic oxidation sites excluding steroid dienone is 2. The van der Waals surface area contributed by atoms with Crippen molar-refractivity contribution in [2.24, 2.45) is 11.8 Å². The van der Waals surface area contributed by atoms with Gasteiger partial charge < -0.3 is 48.3 Å². The smallest absolute Gasteiger partial charge is 0.308 e. The van der Waals surface area contributed by atoms with Crippen LogP contribution in [0.1, 0.15) is 38.5 Å². The van der Waals surface area contributed by atoms with Gasteiger partial charge in [-0.15, -0.1) is 20.2 Å². The highest BCUT2D eigenvalue weighted by molar-refractivity contribution is 5.70. The van der Waals surface area contributed by atoms with Crippen LogP contribution in [0.25, 0.3) is 0 Å². The fraction of sp³-hybridized carbons (Fsp3) is 0.647. The van der Waals surface area contributed by atoms with Crippen LogP contribution in [0.5, 0.6) is 5.75 Å². The van der Waals surface area contributed by atoms with Crippen LogP contribution in [0.3, 0.4) is 0 Å². The van der Waals surface area contributed by atoms with E-state index in [0.29, 0.717) is 31.1 Å². The summed E-state index contributed by atoms with van der Waals surface area (Å²) in [6, 6.07) is 8.23. The second-order valence-electron chi connectivity index (χ2n) is 12.9. The number of aliphatic hydroxyl groups excluding tert-OH is 2. The Kier molecular flexibility index (Phi) is 16.3. The number of benzene rings is 1. The van der Waals surface area contributed by atoms with Crippen LogP contribution in [-0.4, -0.2) is 121 Å². The number of nitrogens with zero attached hydrogens (tertiary/aromatic N) is 2. The maximum absolute atomic E-state index is 14.5. The second-order valence-corrected chi connectivity index (χ2v) is 12.9. The van der Waals surface area contributed by atoms with E-state index in [1.54, 1.807) is 36.4 Å². The Morgan fingerprint density at radius 3 is 2.26 bits per heavy atom. The van der Waals surface area contributed by atoms with Gasteiger partial charge in [0.25, 0.3) is 16.1 Å². The highest BCUT2D eigenvalue weighted by atomic mass is 19.3. The summed E-state index contributed by atoms with van der Waals surface area (Å²) in [5, 5.41) is 39.4. The number of rotatable bonds is 23. The van der Waals surface area contributed by atoms with E-state index in [0.717, 1.165) is 0 Å². The SMILES string of the molecule is O=C(CCC/C=C\C[C@@H]1[C@@H](/C=C/C(F)(F)COc2ccccc2)[C@H](O)C[C@@H]1O)O[C@@H]1CO[C@H]2[C@@H]1OC[C@H]2OC(=O)CCOCC(CO[N+](=O)[O-])O[N+](=O)[O-]. The Labute approximate surface area is 308 Å². The number of hydrogen-bond acceptors (Lipinski definition) is 16. The number of halogens is 2. The molecule has 2 aliphatic heterocycles. The van der Waals surface area contributed by atoms with Crippen LogP contribution in [-0.2, 0) is 42.9 Å². The predicted octanol–water partition coefficient (Wildman–Crippen LogP) is 2.54. The molecule has 0 bridgehead atoms. The first-order chi connectivity index (χ1) is 25.8. The number of aliphatic hydroxyl groups is 2. The molecule has 20 heteroatoms. The van der Waals surface area contributed by atoms with Crippen LogP contribution in [0.2, 0.25) is 0 Å². The molecule has 300 valence electrons. The van der Waals surface area contributed by atoms with Crippen molar-refractivity contribution in [3.05, 3.63) is 74.9 Å². The van der Waals surface area contributed by atoms with Gasteiger partial charge in [-0.1, -0.05) is 36.4 Å². The van der Waals surface area contributed by atoms with Crippen molar-refractivity contribution >= 4 is 11.9 Å². The van der Waals surface area contributed by atoms with Crippen LogP contribution >= 0.6 is 0 Å². The molecule has 54 heavy (non-hydrogen) atoms. The van der Waals surface area contributed by atoms with Gasteiger partial charge in [0.2, 0.25) is 0 Å². The van der Waals surface area contributed by atoms with Crippen molar-refractivity contribution in [2.75, 3.05) is 39.6 Å². The number of fused-ring (bicyclic) bond motifs is 1. The largest absolute Gasteiger partial charge is 0.487 e. The number of ether oxygens (including phenoxy) is 6. The summed E-state index contributed by atoms with van der Waals surface area (Å²) in [6.45, 7) is -2.29. The zero-order chi connectivity index (χ0) is 39.1. The quantitative estimate of drug-likeness (QED) is 0.0534. The van der Waals surface area contributed by atoms with E-state index >= 15 is 0 Å². The van der Waals surface area contributed by atoms with Gasteiger partial charge in [-0.25, -0.2) is 0 Å².